The number of hydrogen-bond acceptors (Lipinski definition) is 1. The van der Waals surface area contributed by atoms with Crippen LogP contribution in [0, 0.1) is 11.6 Å². The minimum atomic E-state index is -0.547. The Morgan fingerprint density at radius 3 is 2.16 bits per heavy atom. The largest absolute Gasteiger partial charge is 0.305 e. The molecule has 0 aliphatic heterocycles. The molecule has 100 valence electrons. The van der Waals surface area contributed by atoms with Crippen molar-refractivity contribution in [2.45, 2.75) is 12.6 Å². The Balaban J connectivity index is 2.09. The van der Waals surface area contributed by atoms with Gasteiger partial charge in [-0.1, -0.05) is 36.4 Å². The van der Waals surface area contributed by atoms with Gasteiger partial charge in [0.2, 0.25) is 0 Å². The smallest absolute Gasteiger partial charge is 0.130 e. The van der Waals surface area contributed by atoms with Gasteiger partial charge in [0.05, 0.1) is 0 Å². The third-order valence-corrected chi connectivity index (χ3v) is 3.25. The number of hydrogen-bond donors (Lipinski definition) is 1. The monoisotopic (exact) mass is 281 g/mol. The highest BCUT2D eigenvalue weighted by Crippen LogP contribution is 2.17. The second-order valence-corrected chi connectivity index (χ2v) is 4.51. The third-order valence-electron chi connectivity index (χ3n) is 2.94. The normalized spacial score (nSPS) is 12.4. The molecule has 19 heavy (non-hydrogen) atoms. The van der Waals surface area contributed by atoms with Crippen molar-refractivity contribution in [2.24, 2.45) is 0 Å². The zero-order chi connectivity index (χ0) is 13.7. The van der Waals surface area contributed by atoms with E-state index in [4.69, 9.17) is 11.6 Å². The fourth-order valence-electron chi connectivity index (χ4n) is 1.87. The highest BCUT2D eigenvalue weighted by atomic mass is 35.5. The molecule has 0 fully saturated rings. The van der Waals surface area contributed by atoms with Crippen LogP contribution in [-0.2, 0) is 6.54 Å². The molecule has 0 aromatic heterocycles. The first-order valence-corrected chi connectivity index (χ1v) is 6.53. The van der Waals surface area contributed by atoms with Gasteiger partial charge in [0, 0.05) is 24.0 Å². The zero-order valence-corrected chi connectivity index (χ0v) is 11.0. The summed E-state index contributed by atoms with van der Waals surface area (Å²) in [5.74, 6) is -0.761. The van der Waals surface area contributed by atoms with Gasteiger partial charge in [-0.15, -0.1) is 11.6 Å². The molecule has 0 radical (unpaired) electrons. The molecule has 0 amide bonds. The molecule has 0 saturated heterocycles. The van der Waals surface area contributed by atoms with E-state index in [1.165, 1.54) is 18.2 Å². The molecule has 0 bridgehead atoms. The van der Waals surface area contributed by atoms with Gasteiger partial charge in [-0.3, -0.25) is 0 Å². The summed E-state index contributed by atoms with van der Waals surface area (Å²) in [7, 11) is 0. The number of alkyl halides is 1. The maximum Gasteiger partial charge on any atom is 0.130 e. The number of nitrogens with one attached hydrogen (secondary N) is 1. The first-order valence-electron chi connectivity index (χ1n) is 5.99. The fraction of sp³-hybridized carbons (Fsp3) is 0.200. The molecule has 0 saturated carbocycles. The molecule has 4 heteroatoms. The highest BCUT2D eigenvalue weighted by molar-refractivity contribution is 6.18. The first kappa shape index (κ1) is 14.0. The summed E-state index contributed by atoms with van der Waals surface area (Å²) in [6, 6.07) is 13.3. The molecule has 0 aliphatic rings. The minimum absolute atomic E-state index is 0.0357. The lowest BCUT2D eigenvalue weighted by Crippen LogP contribution is -2.23. The lowest BCUT2D eigenvalue weighted by atomic mass is 10.1. The van der Waals surface area contributed by atoms with Crippen molar-refractivity contribution in [3.05, 3.63) is 71.3 Å². The Hall–Kier alpha value is -1.45. The van der Waals surface area contributed by atoms with E-state index in [0.717, 1.165) is 5.56 Å². The maximum absolute atomic E-state index is 13.5. The predicted octanol–water partition coefficient (Wildman–Crippen LogP) is 4.03. The standard InChI is InChI=1S/C15H14ClF2N/c16-9-15(11-5-2-1-3-6-11)19-10-12-13(17)7-4-8-14(12)18/h1-8,15,19H,9-10H2. The van der Waals surface area contributed by atoms with Crippen LogP contribution in [-0.4, -0.2) is 5.88 Å². The summed E-state index contributed by atoms with van der Waals surface area (Å²) in [6.07, 6.45) is 0. The van der Waals surface area contributed by atoms with E-state index in [-0.39, 0.29) is 18.2 Å². The van der Waals surface area contributed by atoms with Crippen molar-refractivity contribution in [1.29, 1.82) is 0 Å². The van der Waals surface area contributed by atoms with Crippen LogP contribution in [0.4, 0.5) is 8.78 Å². The topological polar surface area (TPSA) is 12.0 Å². The van der Waals surface area contributed by atoms with Crippen molar-refractivity contribution in [3.8, 4) is 0 Å². The van der Waals surface area contributed by atoms with Crippen LogP contribution in [0.1, 0.15) is 17.2 Å². The zero-order valence-electron chi connectivity index (χ0n) is 10.2. The highest BCUT2D eigenvalue weighted by Gasteiger charge is 2.13. The Morgan fingerprint density at radius 2 is 1.58 bits per heavy atom. The Kier molecular flexibility index (Phi) is 4.88. The van der Waals surface area contributed by atoms with Crippen LogP contribution in [0.25, 0.3) is 0 Å². The molecule has 0 heterocycles. The van der Waals surface area contributed by atoms with Gasteiger partial charge in [-0.2, -0.15) is 0 Å². The van der Waals surface area contributed by atoms with E-state index < -0.39 is 11.6 Å². The molecule has 0 aliphatic carbocycles. The van der Waals surface area contributed by atoms with Crippen LogP contribution in [0.2, 0.25) is 0 Å². The summed E-state index contributed by atoms with van der Waals surface area (Å²) in [5.41, 5.74) is 1.03. The van der Waals surface area contributed by atoms with Crippen LogP contribution in [0.15, 0.2) is 48.5 Å². The predicted molar refractivity (Wildman–Crippen MR) is 73.1 cm³/mol. The second-order valence-electron chi connectivity index (χ2n) is 4.20. The molecule has 2 rings (SSSR count). The summed E-state index contributed by atoms with van der Waals surface area (Å²) in [4.78, 5) is 0. The van der Waals surface area contributed by atoms with E-state index in [9.17, 15) is 8.78 Å². The lowest BCUT2D eigenvalue weighted by molar-refractivity contribution is 0.511. The van der Waals surface area contributed by atoms with E-state index in [1.807, 2.05) is 30.3 Å². The molecular formula is C15H14ClF2N. The maximum atomic E-state index is 13.5. The van der Waals surface area contributed by atoms with Gasteiger partial charge in [0.1, 0.15) is 11.6 Å². The molecule has 0 spiro atoms. The first-order chi connectivity index (χ1) is 9.22. The third kappa shape index (κ3) is 3.52. The number of rotatable bonds is 5. The van der Waals surface area contributed by atoms with Crippen molar-refractivity contribution in [1.82, 2.24) is 5.32 Å². The van der Waals surface area contributed by atoms with E-state index >= 15 is 0 Å². The van der Waals surface area contributed by atoms with E-state index in [0.29, 0.717) is 5.88 Å². The molecule has 1 unspecified atom stereocenters. The van der Waals surface area contributed by atoms with Crippen molar-refractivity contribution in [2.75, 3.05) is 5.88 Å². The molecule has 1 nitrogen and oxygen atoms in total. The van der Waals surface area contributed by atoms with Crippen molar-refractivity contribution in [3.63, 3.8) is 0 Å². The molecule has 2 aromatic carbocycles. The number of benzene rings is 2. The Bertz CT molecular complexity index is 511. The summed E-state index contributed by atoms with van der Waals surface area (Å²) >= 11 is 5.90. The lowest BCUT2D eigenvalue weighted by Gasteiger charge is -2.17. The fourth-order valence-corrected chi connectivity index (χ4v) is 2.16. The van der Waals surface area contributed by atoms with Gasteiger partial charge in [0.15, 0.2) is 0 Å². The van der Waals surface area contributed by atoms with Crippen molar-refractivity contribution >= 4 is 11.6 Å². The van der Waals surface area contributed by atoms with Gasteiger partial charge in [-0.25, -0.2) is 8.78 Å². The minimum Gasteiger partial charge on any atom is -0.305 e. The summed E-state index contributed by atoms with van der Waals surface area (Å²) in [6.45, 7) is 0.102. The van der Waals surface area contributed by atoms with Crippen molar-refractivity contribution < 1.29 is 8.78 Å². The summed E-state index contributed by atoms with van der Waals surface area (Å²) < 4.78 is 27.0. The molecular weight excluding hydrogens is 268 g/mol. The van der Waals surface area contributed by atoms with E-state index in [1.54, 1.807) is 0 Å². The van der Waals surface area contributed by atoms with Gasteiger partial charge >= 0.3 is 0 Å². The number of halogens is 3. The average molecular weight is 282 g/mol. The van der Waals surface area contributed by atoms with Crippen LogP contribution in [0.5, 0.6) is 0 Å². The molecule has 1 N–H and O–H groups in total. The second kappa shape index (κ2) is 6.64. The van der Waals surface area contributed by atoms with Gasteiger partial charge in [0.25, 0.3) is 0 Å². The quantitative estimate of drug-likeness (QED) is 0.816. The SMILES string of the molecule is Fc1cccc(F)c1CNC(CCl)c1ccccc1. The Labute approximate surface area is 116 Å². The van der Waals surface area contributed by atoms with Crippen LogP contribution < -0.4 is 5.32 Å². The average Bonchev–Trinajstić information content (AvgIpc) is 2.43. The molecule has 1 atom stereocenters. The van der Waals surface area contributed by atoms with Crippen LogP contribution >= 0.6 is 11.6 Å². The van der Waals surface area contributed by atoms with Gasteiger partial charge < -0.3 is 5.32 Å². The van der Waals surface area contributed by atoms with Crippen LogP contribution in [0.3, 0.4) is 0 Å². The van der Waals surface area contributed by atoms with E-state index in [2.05, 4.69) is 5.32 Å². The summed E-state index contributed by atoms with van der Waals surface area (Å²) in [5, 5.41) is 3.07. The Morgan fingerprint density at radius 1 is 0.947 bits per heavy atom. The molecule has 2 aromatic rings. The van der Waals surface area contributed by atoms with Gasteiger partial charge in [-0.05, 0) is 17.7 Å².